The third-order valence-electron chi connectivity index (χ3n) is 2.96. The van der Waals surface area contributed by atoms with E-state index < -0.39 is 0 Å². The van der Waals surface area contributed by atoms with Gasteiger partial charge in [-0.05, 0) is 26.3 Å². The molecule has 5 heteroatoms. The highest BCUT2D eigenvalue weighted by Crippen LogP contribution is 2.14. The van der Waals surface area contributed by atoms with E-state index in [-0.39, 0.29) is 0 Å². The van der Waals surface area contributed by atoms with Crippen LogP contribution in [0, 0.1) is 13.8 Å². The highest BCUT2D eigenvalue weighted by atomic mass is 15.3. The Morgan fingerprint density at radius 2 is 2.06 bits per heavy atom. The van der Waals surface area contributed by atoms with Crippen LogP contribution in [0.4, 0.5) is 5.69 Å². The molecule has 2 aromatic heterocycles. The monoisotopic (exact) mass is 247 g/mol. The smallest absolute Gasteiger partial charge is 0.0825 e. The van der Waals surface area contributed by atoms with Crippen LogP contribution in [0.1, 0.15) is 30.4 Å². The predicted octanol–water partition coefficient (Wildman–Crippen LogP) is 2.26. The molecule has 0 unspecified atom stereocenters. The lowest BCUT2D eigenvalue weighted by Gasteiger charge is -2.04. The maximum atomic E-state index is 4.47. The molecule has 2 heterocycles. The minimum absolute atomic E-state index is 0.774. The van der Waals surface area contributed by atoms with E-state index in [4.69, 9.17) is 0 Å². The van der Waals surface area contributed by atoms with Gasteiger partial charge in [0.05, 0.1) is 29.3 Å². The zero-order valence-electron chi connectivity index (χ0n) is 11.6. The second kappa shape index (κ2) is 5.25. The van der Waals surface area contributed by atoms with E-state index in [0.29, 0.717) is 0 Å². The molecule has 0 aliphatic rings. The van der Waals surface area contributed by atoms with Crippen LogP contribution >= 0.6 is 0 Å². The van der Waals surface area contributed by atoms with Crippen molar-refractivity contribution in [2.24, 2.45) is 7.05 Å². The molecule has 0 saturated heterocycles. The van der Waals surface area contributed by atoms with E-state index in [2.05, 4.69) is 34.7 Å². The lowest BCUT2D eigenvalue weighted by Crippen LogP contribution is -2.05. The summed E-state index contributed by atoms with van der Waals surface area (Å²) in [6, 6.07) is 2.10. The van der Waals surface area contributed by atoms with E-state index >= 15 is 0 Å². The largest absolute Gasteiger partial charge is 0.377 e. The molecular weight excluding hydrogens is 226 g/mol. The van der Waals surface area contributed by atoms with Crippen molar-refractivity contribution >= 4 is 5.69 Å². The quantitative estimate of drug-likeness (QED) is 0.881. The molecule has 0 aliphatic carbocycles. The molecule has 5 nitrogen and oxygen atoms in total. The summed E-state index contributed by atoms with van der Waals surface area (Å²) in [5, 5.41) is 12.2. The van der Waals surface area contributed by atoms with Gasteiger partial charge in [-0.2, -0.15) is 10.2 Å². The molecule has 18 heavy (non-hydrogen) atoms. The molecule has 2 aromatic rings. The predicted molar refractivity (Wildman–Crippen MR) is 72.5 cm³/mol. The topological polar surface area (TPSA) is 47.7 Å². The summed E-state index contributed by atoms with van der Waals surface area (Å²) in [4.78, 5) is 0. The van der Waals surface area contributed by atoms with Gasteiger partial charge < -0.3 is 5.32 Å². The second-order valence-electron chi connectivity index (χ2n) is 4.65. The van der Waals surface area contributed by atoms with E-state index in [1.54, 1.807) is 0 Å². The van der Waals surface area contributed by atoms with Crippen molar-refractivity contribution < 1.29 is 0 Å². The number of aryl methyl sites for hydroxylation is 4. The summed E-state index contributed by atoms with van der Waals surface area (Å²) in [7, 11) is 1.97. The van der Waals surface area contributed by atoms with Crippen LogP contribution in [0.2, 0.25) is 0 Å². The molecule has 0 spiro atoms. The number of rotatable bonds is 5. The van der Waals surface area contributed by atoms with E-state index in [9.17, 15) is 0 Å². The Hall–Kier alpha value is -1.78. The van der Waals surface area contributed by atoms with Crippen LogP contribution in [0.25, 0.3) is 0 Å². The molecule has 0 aliphatic heterocycles. The zero-order valence-corrected chi connectivity index (χ0v) is 11.6. The van der Waals surface area contributed by atoms with Gasteiger partial charge in [-0.3, -0.25) is 9.36 Å². The van der Waals surface area contributed by atoms with Crippen molar-refractivity contribution in [2.75, 3.05) is 5.32 Å². The number of hydrogen-bond donors (Lipinski definition) is 1. The minimum atomic E-state index is 0.774. The Morgan fingerprint density at radius 3 is 2.67 bits per heavy atom. The minimum Gasteiger partial charge on any atom is -0.377 e. The van der Waals surface area contributed by atoms with Crippen molar-refractivity contribution in [3.05, 3.63) is 29.3 Å². The SMILES string of the molecule is CCCn1cc(NCc2cc(C)nn2C)c(C)n1. The first kappa shape index (κ1) is 12.7. The molecule has 0 radical (unpaired) electrons. The number of nitrogens with one attached hydrogen (secondary N) is 1. The fourth-order valence-electron chi connectivity index (χ4n) is 2.05. The molecule has 98 valence electrons. The zero-order chi connectivity index (χ0) is 13.1. The first-order valence-corrected chi connectivity index (χ1v) is 6.37. The van der Waals surface area contributed by atoms with Gasteiger partial charge in [-0.25, -0.2) is 0 Å². The summed E-state index contributed by atoms with van der Waals surface area (Å²) in [5.41, 5.74) is 4.37. The van der Waals surface area contributed by atoms with Gasteiger partial charge in [0.1, 0.15) is 0 Å². The van der Waals surface area contributed by atoms with Crippen LogP contribution in [-0.2, 0) is 20.1 Å². The van der Waals surface area contributed by atoms with Gasteiger partial charge >= 0.3 is 0 Å². The average Bonchev–Trinajstić information content (AvgIpc) is 2.80. The van der Waals surface area contributed by atoms with E-state index in [1.165, 1.54) is 5.69 Å². The molecule has 0 aromatic carbocycles. The Bertz CT molecular complexity index is 523. The first-order chi connectivity index (χ1) is 8.60. The van der Waals surface area contributed by atoms with Crippen molar-refractivity contribution in [3.8, 4) is 0 Å². The van der Waals surface area contributed by atoms with Gasteiger partial charge in [-0.15, -0.1) is 0 Å². The Balaban J connectivity index is 2.03. The third-order valence-corrected chi connectivity index (χ3v) is 2.96. The maximum absolute atomic E-state index is 4.47. The van der Waals surface area contributed by atoms with E-state index in [1.807, 2.05) is 30.3 Å². The normalized spacial score (nSPS) is 10.9. The Morgan fingerprint density at radius 1 is 1.28 bits per heavy atom. The van der Waals surface area contributed by atoms with Crippen LogP contribution in [0.3, 0.4) is 0 Å². The number of hydrogen-bond acceptors (Lipinski definition) is 3. The maximum Gasteiger partial charge on any atom is 0.0825 e. The summed E-state index contributed by atoms with van der Waals surface area (Å²) < 4.78 is 3.90. The van der Waals surface area contributed by atoms with Crippen molar-refractivity contribution in [1.29, 1.82) is 0 Å². The van der Waals surface area contributed by atoms with Crippen molar-refractivity contribution in [2.45, 2.75) is 40.3 Å². The summed E-state index contributed by atoms with van der Waals surface area (Å²) in [6.07, 6.45) is 3.17. The molecule has 0 amide bonds. The molecule has 0 bridgehead atoms. The summed E-state index contributed by atoms with van der Waals surface area (Å²) in [6.45, 7) is 7.93. The average molecular weight is 247 g/mol. The van der Waals surface area contributed by atoms with Gasteiger partial charge in [0.2, 0.25) is 0 Å². The van der Waals surface area contributed by atoms with Crippen LogP contribution in [0.15, 0.2) is 12.3 Å². The van der Waals surface area contributed by atoms with Gasteiger partial charge in [0.15, 0.2) is 0 Å². The van der Waals surface area contributed by atoms with Crippen LogP contribution in [0.5, 0.6) is 0 Å². The number of anilines is 1. The lowest BCUT2D eigenvalue weighted by atomic mass is 10.3. The standard InChI is InChI=1S/C13H21N5/c1-5-6-18-9-13(11(3)16-18)14-8-12-7-10(2)15-17(12)4/h7,9,14H,5-6,8H2,1-4H3. The van der Waals surface area contributed by atoms with Crippen molar-refractivity contribution in [1.82, 2.24) is 19.6 Å². The highest BCUT2D eigenvalue weighted by molar-refractivity contribution is 5.45. The molecule has 1 N–H and O–H groups in total. The van der Waals surface area contributed by atoms with Gasteiger partial charge in [0.25, 0.3) is 0 Å². The number of aromatic nitrogens is 4. The van der Waals surface area contributed by atoms with Crippen LogP contribution in [-0.4, -0.2) is 19.6 Å². The van der Waals surface area contributed by atoms with E-state index in [0.717, 1.165) is 36.6 Å². The Labute approximate surface area is 108 Å². The highest BCUT2D eigenvalue weighted by Gasteiger charge is 2.06. The summed E-state index contributed by atoms with van der Waals surface area (Å²) in [5.74, 6) is 0. The van der Waals surface area contributed by atoms with Gasteiger partial charge in [-0.1, -0.05) is 6.92 Å². The van der Waals surface area contributed by atoms with Crippen molar-refractivity contribution in [3.63, 3.8) is 0 Å². The third kappa shape index (κ3) is 2.72. The Kier molecular flexibility index (Phi) is 3.69. The second-order valence-corrected chi connectivity index (χ2v) is 4.65. The lowest BCUT2D eigenvalue weighted by molar-refractivity contribution is 0.598. The van der Waals surface area contributed by atoms with Gasteiger partial charge in [0, 0.05) is 19.8 Å². The molecule has 0 saturated carbocycles. The molecule has 2 rings (SSSR count). The molecule has 0 fully saturated rings. The fourth-order valence-corrected chi connectivity index (χ4v) is 2.05. The summed E-state index contributed by atoms with van der Waals surface area (Å²) >= 11 is 0. The van der Waals surface area contributed by atoms with Crippen LogP contribution < -0.4 is 5.32 Å². The molecule has 0 atom stereocenters. The molecular formula is C13H21N5. The number of nitrogens with zero attached hydrogens (tertiary/aromatic N) is 4. The first-order valence-electron chi connectivity index (χ1n) is 6.37. The fraction of sp³-hybridized carbons (Fsp3) is 0.538.